The fourth-order valence-electron chi connectivity index (χ4n) is 2.26. The number of fused-ring (bicyclic) bond motifs is 1. The van der Waals surface area contributed by atoms with Crippen LogP contribution in [0.5, 0.6) is 0 Å². The molecular formula is C15H16N2. The Morgan fingerprint density at radius 3 is 2.59 bits per heavy atom. The largest absolute Gasteiger partial charge is 0.360 e. The van der Waals surface area contributed by atoms with Crippen LogP contribution in [0.25, 0.3) is 0 Å². The molecule has 1 aliphatic rings. The smallest absolute Gasteiger partial charge is 0.125 e. The molecule has 0 fully saturated rings. The standard InChI is InChI=1S/C15H16N2/c1-11-7-9-12(10-8-11)15-16-13-5-3-4-6-14(13)17(15)2/h3-10,15-16H,1-2H3/i1D3. The highest BCUT2D eigenvalue weighted by Crippen LogP contribution is 2.39. The topological polar surface area (TPSA) is 15.3 Å². The number of benzene rings is 2. The zero-order chi connectivity index (χ0) is 14.3. The van der Waals surface area contributed by atoms with E-state index in [2.05, 4.69) is 16.3 Å². The van der Waals surface area contributed by atoms with E-state index < -0.39 is 6.85 Å². The number of nitrogens with zero attached hydrogens (tertiary/aromatic N) is 1. The van der Waals surface area contributed by atoms with E-state index in [9.17, 15) is 0 Å². The molecule has 1 aliphatic heterocycles. The number of hydrogen-bond donors (Lipinski definition) is 1. The molecule has 1 unspecified atom stereocenters. The van der Waals surface area contributed by atoms with E-state index in [0.717, 1.165) is 16.9 Å². The molecule has 17 heavy (non-hydrogen) atoms. The summed E-state index contributed by atoms with van der Waals surface area (Å²) in [4.78, 5) is 2.15. The van der Waals surface area contributed by atoms with E-state index >= 15 is 0 Å². The molecule has 2 aromatic carbocycles. The summed E-state index contributed by atoms with van der Waals surface area (Å²) in [6, 6.07) is 15.2. The highest BCUT2D eigenvalue weighted by molar-refractivity contribution is 5.76. The van der Waals surface area contributed by atoms with Crippen LogP contribution in [0.2, 0.25) is 0 Å². The molecule has 0 saturated carbocycles. The van der Waals surface area contributed by atoms with Crippen molar-refractivity contribution in [3.63, 3.8) is 0 Å². The van der Waals surface area contributed by atoms with E-state index in [1.54, 1.807) is 12.1 Å². The minimum Gasteiger partial charge on any atom is -0.360 e. The van der Waals surface area contributed by atoms with Crippen molar-refractivity contribution < 1.29 is 4.11 Å². The summed E-state index contributed by atoms with van der Waals surface area (Å²) in [6.07, 6.45) is 0.0399. The van der Waals surface area contributed by atoms with E-state index in [1.807, 2.05) is 37.4 Å². The lowest BCUT2D eigenvalue weighted by Crippen LogP contribution is -2.23. The van der Waals surface area contributed by atoms with Gasteiger partial charge in [0.05, 0.1) is 11.4 Å². The monoisotopic (exact) mass is 227 g/mol. The Hall–Kier alpha value is -1.96. The van der Waals surface area contributed by atoms with Crippen molar-refractivity contribution in [1.82, 2.24) is 0 Å². The van der Waals surface area contributed by atoms with Gasteiger partial charge in [0, 0.05) is 11.2 Å². The SMILES string of the molecule is [2H]C([2H])([2H])c1ccc(C2Nc3ccccc3N2C)cc1. The summed E-state index contributed by atoms with van der Waals surface area (Å²) in [5.74, 6) is 0. The van der Waals surface area contributed by atoms with E-state index in [1.165, 1.54) is 0 Å². The molecule has 0 saturated heterocycles. The fraction of sp³-hybridized carbons (Fsp3) is 0.200. The maximum atomic E-state index is 7.41. The Bertz CT molecular complexity index is 620. The van der Waals surface area contributed by atoms with Crippen molar-refractivity contribution in [2.45, 2.75) is 13.0 Å². The van der Waals surface area contributed by atoms with E-state index in [0.29, 0.717) is 5.56 Å². The van der Waals surface area contributed by atoms with Gasteiger partial charge < -0.3 is 10.2 Å². The Morgan fingerprint density at radius 2 is 1.88 bits per heavy atom. The molecule has 0 radical (unpaired) electrons. The molecule has 0 amide bonds. The molecule has 86 valence electrons. The first kappa shape index (κ1) is 7.38. The highest BCUT2D eigenvalue weighted by Gasteiger charge is 2.25. The van der Waals surface area contributed by atoms with Gasteiger partial charge in [-0.1, -0.05) is 42.0 Å². The number of hydrogen-bond acceptors (Lipinski definition) is 2. The molecule has 0 aromatic heterocycles. The second kappa shape index (κ2) is 3.81. The first-order valence-corrected chi connectivity index (χ1v) is 5.66. The van der Waals surface area contributed by atoms with Crippen molar-refractivity contribution in [3.05, 3.63) is 59.7 Å². The maximum Gasteiger partial charge on any atom is 0.125 e. The summed E-state index contributed by atoms with van der Waals surface area (Å²) in [6.45, 7) is -2.05. The van der Waals surface area contributed by atoms with Crippen LogP contribution in [-0.2, 0) is 0 Å². The van der Waals surface area contributed by atoms with Crippen molar-refractivity contribution in [2.24, 2.45) is 0 Å². The third kappa shape index (κ3) is 1.66. The normalized spacial score (nSPS) is 21.1. The first-order valence-electron chi connectivity index (χ1n) is 7.16. The van der Waals surface area contributed by atoms with Gasteiger partial charge in [0.15, 0.2) is 0 Å². The Labute approximate surface area is 106 Å². The number of anilines is 2. The second-order valence-corrected chi connectivity index (χ2v) is 4.30. The predicted octanol–water partition coefficient (Wildman–Crippen LogP) is 3.56. The molecule has 1 heterocycles. The number of aryl methyl sites for hydroxylation is 1. The van der Waals surface area contributed by atoms with Crippen molar-refractivity contribution in [3.8, 4) is 0 Å². The molecule has 2 heteroatoms. The maximum absolute atomic E-state index is 7.41. The van der Waals surface area contributed by atoms with Gasteiger partial charge in [-0.15, -0.1) is 0 Å². The molecule has 0 spiro atoms. The Morgan fingerprint density at radius 1 is 1.12 bits per heavy atom. The minimum atomic E-state index is -2.05. The van der Waals surface area contributed by atoms with Gasteiger partial charge in [0.2, 0.25) is 0 Å². The van der Waals surface area contributed by atoms with Gasteiger partial charge in [-0.25, -0.2) is 0 Å². The molecule has 0 aliphatic carbocycles. The summed E-state index contributed by atoms with van der Waals surface area (Å²) in [5.41, 5.74) is 3.67. The van der Waals surface area contributed by atoms with Gasteiger partial charge in [-0.2, -0.15) is 0 Å². The van der Waals surface area contributed by atoms with Crippen LogP contribution in [0.15, 0.2) is 48.5 Å². The average molecular weight is 227 g/mol. The van der Waals surface area contributed by atoms with Gasteiger partial charge in [-0.05, 0) is 24.5 Å². The van der Waals surface area contributed by atoms with E-state index in [4.69, 9.17) is 4.11 Å². The minimum absolute atomic E-state index is 0.0399. The summed E-state index contributed by atoms with van der Waals surface area (Å²) < 4.78 is 22.2. The number of nitrogens with one attached hydrogen (secondary N) is 1. The summed E-state index contributed by atoms with van der Waals surface area (Å²) in [5, 5.41) is 3.44. The summed E-state index contributed by atoms with van der Waals surface area (Å²) >= 11 is 0. The lowest BCUT2D eigenvalue weighted by atomic mass is 10.1. The third-order valence-corrected chi connectivity index (χ3v) is 3.19. The second-order valence-electron chi connectivity index (χ2n) is 4.30. The van der Waals surface area contributed by atoms with E-state index in [-0.39, 0.29) is 6.17 Å². The van der Waals surface area contributed by atoms with Gasteiger partial charge in [-0.3, -0.25) is 0 Å². The van der Waals surface area contributed by atoms with Crippen molar-refractivity contribution >= 4 is 11.4 Å². The third-order valence-electron chi connectivity index (χ3n) is 3.19. The van der Waals surface area contributed by atoms with Crippen LogP contribution in [0.3, 0.4) is 0 Å². The predicted molar refractivity (Wildman–Crippen MR) is 72.4 cm³/mol. The molecule has 1 atom stereocenters. The molecule has 3 rings (SSSR count). The molecule has 1 N–H and O–H groups in total. The van der Waals surface area contributed by atoms with Crippen LogP contribution in [0.1, 0.15) is 21.4 Å². The first-order chi connectivity index (χ1) is 9.47. The Balaban J connectivity index is 1.89. The van der Waals surface area contributed by atoms with Crippen LogP contribution in [0, 0.1) is 6.85 Å². The van der Waals surface area contributed by atoms with Gasteiger partial charge in [0.1, 0.15) is 6.17 Å². The number of rotatable bonds is 1. The van der Waals surface area contributed by atoms with Crippen molar-refractivity contribution in [2.75, 3.05) is 17.3 Å². The van der Waals surface area contributed by atoms with Crippen LogP contribution in [0.4, 0.5) is 11.4 Å². The average Bonchev–Trinajstić information content (AvgIpc) is 2.76. The quantitative estimate of drug-likeness (QED) is 0.801. The Kier molecular flexibility index (Phi) is 1.65. The van der Waals surface area contributed by atoms with Crippen LogP contribution < -0.4 is 10.2 Å². The number of para-hydroxylation sites is 2. The van der Waals surface area contributed by atoms with Crippen LogP contribution in [-0.4, -0.2) is 7.05 Å². The zero-order valence-corrected chi connectivity index (χ0v) is 9.64. The van der Waals surface area contributed by atoms with Crippen LogP contribution >= 0.6 is 0 Å². The highest BCUT2D eigenvalue weighted by atomic mass is 15.3. The lowest BCUT2D eigenvalue weighted by molar-refractivity contribution is 0.792. The van der Waals surface area contributed by atoms with Gasteiger partial charge in [0.25, 0.3) is 0 Å². The molecule has 2 nitrogen and oxygen atoms in total. The zero-order valence-electron chi connectivity index (χ0n) is 12.6. The molecule has 2 aromatic rings. The molecular weight excluding hydrogens is 208 g/mol. The van der Waals surface area contributed by atoms with Crippen molar-refractivity contribution in [1.29, 1.82) is 0 Å². The fourth-order valence-corrected chi connectivity index (χ4v) is 2.26. The summed E-state index contributed by atoms with van der Waals surface area (Å²) in [7, 11) is 2.03. The van der Waals surface area contributed by atoms with Gasteiger partial charge >= 0.3 is 0 Å². The lowest BCUT2D eigenvalue weighted by Gasteiger charge is -2.22. The molecule has 0 bridgehead atoms.